The summed E-state index contributed by atoms with van der Waals surface area (Å²) in [5.41, 5.74) is 1.17. The van der Waals surface area contributed by atoms with Crippen molar-refractivity contribution in [1.82, 2.24) is 10.6 Å². The fourth-order valence-electron chi connectivity index (χ4n) is 1.69. The number of nitrogens with one attached hydrogen (secondary N) is 3. The van der Waals surface area contributed by atoms with Crippen LogP contribution in [0.5, 0.6) is 0 Å². The maximum absolute atomic E-state index is 11.7. The average Bonchev–Trinajstić information content (AvgIpc) is 2.34. The van der Waals surface area contributed by atoms with Gasteiger partial charge in [-0.3, -0.25) is 9.59 Å². The predicted molar refractivity (Wildman–Crippen MR) is 70.9 cm³/mol. The van der Waals surface area contributed by atoms with E-state index in [0.717, 1.165) is 0 Å². The summed E-state index contributed by atoms with van der Waals surface area (Å²) in [7, 11) is 0. The first-order chi connectivity index (χ1) is 9.20. The average molecular weight is 263 g/mol. The summed E-state index contributed by atoms with van der Waals surface area (Å²) < 4.78 is 0. The lowest BCUT2D eigenvalue weighted by molar-refractivity contribution is -0.121. The van der Waals surface area contributed by atoms with Crippen LogP contribution in [0.25, 0.3) is 0 Å². The van der Waals surface area contributed by atoms with Gasteiger partial charge in [-0.15, -0.1) is 0 Å². The Morgan fingerprint density at radius 1 is 1.26 bits per heavy atom. The highest BCUT2D eigenvalue weighted by atomic mass is 16.3. The van der Waals surface area contributed by atoms with Crippen LogP contribution in [-0.4, -0.2) is 43.2 Å². The second-order valence-corrected chi connectivity index (χ2v) is 4.40. The lowest BCUT2D eigenvalue weighted by atomic mass is 10.0. The van der Waals surface area contributed by atoms with E-state index in [1.165, 1.54) is 0 Å². The number of hydrogen-bond acceptors (Lipinski definition) is 4. The van der Waals surface area contributed by atoms with E-state index >= 15 is 0 Å². The summed E-state index contributed by atoms with van der Waals surface area (Å²) in [6.07, 6.45) is 0. The van der Waals surface area contributed by atoms with Crippen LogP contribution >= 0.6 is 0 Å². The minimum absolute atomic E-state index is 0.00349. The molecule has 2 rings (SSSR count). The maximum Gasteiger partial charge on any atom is 0.251 e. The number of aliphatic hydroxyl groups excluding tert-OH is 1. The fraction of sp³-hybridized carbons (Fsp3) is 0.385. The van der Waals surface area contributed by atoms with Crippen molar-refractivity contribution in [3.63, 3.8) is 0 Å². The highest BCUT2D eigenvalue weighted by Crippen LogP contribution is 2.12. The Hall–Kier alpha value is -1.92. The monoisotopic (exact) mass is 263 g/mol. The van der Waals surface area contributed by atoms with E-state index in [1.54, 1.807) is 24.3 Å². The minimum atomic E-state index is -0.241. The maximum atomic E-state index is 11.7. The predicted octanol–water partition coefficient (Wildman–Crippen LogP) is -0.433. The van der Waals surface area contributed by atoms with Gasteiger partial charge in [0.05, 0.1) is 12.5 Å². The third kappa shape index (κ3) is 3.52. The van der Waals surface area contributed by atoms with Crippen LogP contribution in [0.3, 0.4) is 0 Å². The molecule has 0 aromatic heterocycles. The van der Waals surface area contributed by atoms with Crippen LogP contribution < -0.4 is 16.0 Å². The van der Waals surface area contributed by atoms with E-state index in [-0.39, 0.29) is 30.9 Å². The number of benzene rings is 1. The Bertz CT molecular complexity index is 455. The van der Waals surface area contributed by atoms with Gasteiger partial charge in [0.15, 0.2) is 0 Å². The van der Waals surface area contributed by atoms with Crippen molar-refractivity contribution in [1.29, 1.82) is 0 Å². The van der Waals surface area contributed by atoms with Gasteiger partial charge >= 0.3 is 0 Å². The molecule has 1 fully saturated rings. The second-order valence-electron chi connectivity index (χ2n) is 4.40. The SMILES string of the molecule is O=C(NCCO)c1ccc(NC(=O)C2CNC2)cc1. The highest BCUT2D eigenvalue weighted by Gasteiger charge is 2.24. The molecular formula is C13H17N3O3. The third-order valence-electron chi connectivity index (χ3n) is 2.96. The minimum Gasteiger partial charge on any atom is -0.395 e. The summed E-state index contributed by atoms with van der Waals surface area (Å²) in [4.78, 5) is 23.3. The van der Waals surface area contributed by atoms with Gasteiger partial charge in [0, 0.05) is 30.9 Å². The van der Waals surface area contributed by atoms with E-state index < -0.39 is 0 Å². The first-order valence-corrected chi connectivity index (χ1v) is 6.21. The first kappa shape index (κ1) is 13.5. The van der Waals surface area contributed by atoms with Gasteiger partial charge in [0.25, 0.3) is 5.91 Å². The van der Waals surface area contributed by atoms with Crippen LogP contribution in [0, 0.1) is 5.92 Å². The molecule has 1 heterocycles. The summed E-state index contributed by atoms with van der Waals surface area (Å²) >= 11 is 0. The van der Waals surface area contributed by atoms with Gasteiger partial charge in [-0.25, -0.2) is 0 Å². The van der Waals surface area contributed by atoms with Crippen molar-refractivity contribution in [3.05, 3.63) is 29.8 Å². The Morgan fingerprint density at radius 2 is 1.95 bits per heavy atom. The highest BCUT2D eigenvalue weighted by molar-refractivity contribution is 5.96. The van der Waals surface area contributed by atoms with Crippen LogP contribution in [0.1, 0.15) is 10.4 Å². The van der Waals surface area contributed by atoms with Gasteiger partial charge < -0.3 is 21.1 Å². The standard InChI is InChI=1S/C13H17N3O3/c17-6-5-15-12(18)9-1-3-11(4-2-9)16-13(19)10-7-14-8-10/h1-4,10,14,17H,5-8H2,(H,15,18)(H,16,19). The molecule has 0 bridgehead atoms. The van der Waals surface area contributed by atoms with Crippen molar-refractivity contribution in [3.8, 4) is 0 Å². The van der Waals surface area contributed by atoms with Crippen LogP contribution in [-0.2, 0) is 4.79 Å². The molecule has 0 saturated carbocycles. The number of rotatable bonds is 5. The van der Waals surface area contributed by atoms with Crippen LogP contribution in [0.4, 0.5) is 5.69 Å². The molecule has 102 valence electrons. The first-order valence-electron chi connectivity index (χ1n) is 6.21. The molecule has 1 saturated heterocycles. The number of amides is 2. The van der Waals surface area contributed by atoms with Crippen molar-refractivity contribution < 1.29 is 14.7 Å². The summed E-state index contributed by atoms with van der Waals surface area (Å²) in [6, 6.07) is 6.67. The number of anilines is 1. The molecule has 0 spiro atoms. The Labute approximate surface area is 111 Å². The molecule has 1 aromatic rings. The summed E-state index contributed by atoms with van der Waals surface area (Å²) in [6.45, 7) is 1.57. The molecule has 19 heavy (non-hydrogen) atoms. The van der Waals surface area contributed by atoms with Gasteiger partial charge in [0.2, 0.25) is 5.91 Å². The topological polar surface area (TPSA) is 90.5 Å². The van der Waals surface area contributed by atoms with Crippen LogP contribution in [0.2, 0.25) is 0 Å². The number of carbonyl (C=O) groups is 2. The van der Waals surface area contributed by atoms with E-state index in [4.69, 9.17) is 5.11 Å². The molecule has 1 aromatic carbocycles. The molecule has 2 amide bonds. The van der Waals surface area contributed by atoms with Crippen molar-refractivity contribution in [2.75, 3.05) is 31.6 Å². The molecule has 1 aliphatic heterocycles. The number of carbonyl (C=O) groups excluding carboxylic acids is 2. The largest absolute Gasteiger partial charge is 0.395 e. The van der Waals surface area contributed by atoms with Gasteiger partial charge in [0.1, 0.15) is 0 Å². The fourth-order valence-corrected chi connectivity index (χ4v) is 1.69. The molecular weight excluding hydrogens is 246 g/mol. The smallest absolute Gasteiger partial charge is 0.251 e. The van der Waals surface area contributed by atoms with Crippen molar-refractivity contribution >= 4 is 17.5 Å². The second kappa shape index (κ2) is 6.31. The van der Waals surface area contributed by atoms with Gasteiger partial charge in [-0.1, -0.05) is 0 Å². The lowest BCUT2D eigenvalue weighted by Gasteiger charge is -2.25. The molecule has 1 aliphatic rings. The van der Waals surface area contributed by atoms with E-state index in [1.807, 2.05) is 0 Å². The van der Waals surface area contributed by atoms with E-state index in [2.05, 4.69) is 16.0 Å². The molecule has 6 heteroatoms. The van der Waals surface area contributed by atoms with Crippen LogP contribution in [0.15, 0.2) is 24.3 Å². The third-order valence-corrected chi connectivity index (χ3v) is 2.96. The molecule has 0 unspecified atom stereocenters. The Morgan fingerprint density at radius 3 is 2.47 bits per heavy atom. The van der Waals surface area contributed by atoms with Crippen molar-refractivity contribution in [2.45, 2.75) is 0 Å². The Balaban J connectivity index is 1.90. The molecule has 4 N–H and O–H groups in total. The molecule has 6 nitrogen and oxygen atoms in total. The van der Waals surface area contributed by atoms with Gasteiger partial charge in [-0.2, -0.15) is 0 Å². The summed E-state index contributed by atoms with van der Waals surface area (Å²) in [5, 5.41) is 17.0. The van der Waals surface area contributed by atoms with E-state index in [9.17, 15) is 9.59 Å². The Kier molecular flexibility index (Phi) is 4.48. The summed E-state index contributed by atoms with van der Waals surface area (Å²) in [5.74, 6) is -0.209. The molecule has 0 aliphatic carbocycles. The molecule has 0 radical (unpaired) electrons. The number of hydrogen-bond donors (Lipinski definition) is 4. The number of aliphatic hydroxyl groups is 1. The molecule has 0 atom stereocenters. The quantitative estimate of drug-likeness (QED) is 0.580. The zero-order valence-corrected chi connectivity index (χ0v) is 10.5. The zero-order chi connectivity index (χ0) is 13.7. The normalized spacial score (nSPS) is 14.6. The van der Waals surface area contributed by atoms with Gasteiger partial charge in [-0.05, 0) is 24.3 Å². The lowest BCUT2D eigenvalue weighted by Crippen LogP contribution is -2.48. The van der Waals surface area contributed by atoms with E-state index in [0.29, 0.717) is 24.3 Å². The van der Waals surface area contributed by atoms with Crippen molar-refractivity contribution in [2.24, 2.45) is 5.92 Å². The zero-order valence-electron chi connectivity index (χ0n) is 10.5.